The Kier molecular flexibility index (Phi) is 7.32. The number of carboxylic acids is 1. The maximum absolute atomic E-state index is 11.6. The molecule has 134 valence electrons. The summed E-state index contributed by atoms with van der Waals surface area (Å²) in [5, 5.41) is 30.3. The Morgan fingerprint density at radius 3 is 2.54 bits per heavy atom. The van der Waals surface area contributed by atoms with Gasteiger partial charge in [-0.2, -0.15) is 0 Å². The van der Waals surface area contributed by atoms with Crippen LogP contribution in [0.4, 0.5) is 0 Å². The molecule has 1 aliphatic carbocycles. The molecule has 0 saturated carbocycles. The molecule has 2 atom stereocenters. The van der Waals surface area contributed by atoms with Gasteiger partial charge in [-0.25, -0.2) is 4.79 Å². The average Bonchev–Trinajstić information content (AvgIpc) is 2.50. The van der Waals surface area contributed by atoms with Crippen molar-refractivity contribution in [3.05, 3.63) is 46.3 Å². The molecular weight excluding hydrogens is 304 g/mol. The Bertz CT molecular complexity index is 624. The summed E-state index contributed by atoms with van der Waals surface area (Å²) in [5.74, 6) is -3.27. The van der Waals surface area contributed by atoms with Gasteiger partial charge in [0, 0.05) is 1.37 Å². The number of carbonyl (C=O) groups is 1. The smallest absolute Gasteiger partial charge is 0.334 e. The molecule has 0 aromatic carbocycles. The van der Waals surface area contributed by atoms with E-state index in [0.717, 1.165) is 18.4 Å². The van der Waals surface area contributed by atoms with E-state index in [4.69, 9.17) is 1.37 Å². The fraction of sp³-hybridized carbons (Fsp3) is 0.550. The van der Waals surface area contributed by atoms with E-state index in [1.54, 1.807) is 0 Å². The molecule has 2 unspecified atom stereocenters. The van der Waals surface area contributed by atoms with Crippen LogP contribution in [0.3, 0.4) is 0 Å². The summed E-state index contributed by atoms with van der Waals surface area (Å²) < 4.78 is 8.49. The van der Waals surface area contributed by atoms with Crippen molar-refractivity contribution in [2.45, 2.75) is 65.9 Å². The molecule has 4 nitrogen and oxygen atoms in total. The lowest BCUT2D eigenvalue weighted by Gasteiger charge is -2.28. The molecular formula is C20H30O4. The van der Waals surface area contributed by atoms with Crippen LogP contribution in [0, 0.1) is 5.89 Å². The minimum Gasteiger partial charge on any atom is -0.512 e. The first-order valence-corrected chi connectivity index (χ1v) is 8.48. The van der Waals surface area contributed by atoms with Crippen LogP contribution in [0.1, 0.15) is 61.2 Å². The van der Waals surface area contributed by atoms with Crippen molar-refractivity contribution in [1.82, 2.24) is 0 Å². The zero-order valence-electron chi connectivity index (χ0n) is 16.1. The van der Waals surface area contributed by atoms with Gasteiger partial charge in [0.1, 0.15) is 0 Å². The second kappa shape index (κ2) is 9.48. The molecule has 0 aliphatic heterocycles. The molecule has 0 radical (unpaired) electrons. The Morgan fingerprint density at radius 2 is 2.00 bits per heavy atom. The summed E-state index contributed by atoms with van der Waals surface area (Å²) in [4.78, 5) is 11.6. The number of aliphatic hydroxyl groups is 2. The molecule has 24 heavy (non-hydrogen) atoms. The molecule has 0 amide bonds. The van der Waals surface area contributed by atoms with Gasteiger partial charge in [0.25, 0.3) is 0 Å². The fourth-order valence-corrected chi connectivity index (χ4v) is 2.75. The van der Waals surface area contributed by atoms with Crippen LogP contribution >= 0.6 is 0 Å². The predicted octanol–water partition coefficient (Wildman–Crippen LogP) is 4.68. The lowest BCUT2D eigenvalue weighted by Crippen LogP contribution is -2.32. The highest BCUT2D eigenvalue weighted by Crippen LogP contribution is 2.33. The van der Waals surface area contributed by atoms with Crippen molar-refractivity contribution in [3.63, 3.8) is 0 Å². The van der Waals surface area contributed by atoms with Crippen LogP contribution in [0.15, 0.2) is 46.3 Å². The summed E-state index contributed by atoms with van der Waals surface area (Å²) in [6.07, 6.45) is 6.64. The molecule has 0 aromatic rings. The van der Waals surface area contributed by atoms with Crippen LogP contribution in [0.2, 0.25) is 0 Å². The second-order valence-corrected chi connectivity index (χ2v) is 6.53. The van der Waals surface area contributed by atoms with E-state index in [-0.39, 0.29) is 17.8 Å². The SMILES string of the molecule is [2H]C1(C/C=C(\C)CCC=C(C)C)C(O)=CC(CCC)=C(C(=O)O)C1O. The highest BCUT2D eigenvalue weighted by Gasteiger charge is 2.34. The van der Waals surface area contributed by atoms with Crippen LogP contribution in [0.25, 0.3) is 0 Å². The van der Waals surface area contributed by atoms with E-state index in [1.165, 1.54) is 11.6 Å². The van der Waals surface area contributed by atoms with E-state index in [2.05, 4.69) is 6.08 Å². The van der Waals surface area contributed by atoms with E-state index < -0.39 is 18.0 Å². The predicted molar refractivity (Wildman–Crippen MR) is 96.8 cm³/mol. The third kappa shape index (κ3) is 5.68. The molecule has 0 spiro atoms. The average molecular weight is 335 g/mol. The summed E-state index contributed by atoms with van der Waals surface area (Å²) in [6, 6.07) is 0. The first-order chi connectivity index (χ1) is 11.6. The number of rotatable bonds is 8. The van der Waals surface area contributed by atoms with Crippen LogP contribution < -0.4 is 0 Å². The highest BCUT2D eigenvalue weighted by atomic mass is 16.4. The first-order valence-electron chi connectivity index (χ1n) is 8.98. The largest absolute Gasteiger partial charge is 0.512 e. The summed E-state index contributed by atoms with van der Waals surface area (Å²) >= 11 is 0. The Morgan fingerprint density at radius 1 is 1.33 bits per heavy atom. The molecule has 1 rings (SSSR count). The number of hydrogen-bond donors (Lipinski definition) is 3. The third-order valence-electron chi connectivity index (χ3n) is 4.10. The van der Waals surface area contributed by atoms with E-state index in [1.807, 2.05) is 33.8 Å². The number of allylic oxidation sites excluding steroid dienone is 6. The Balaban J connectivity index is 3.01. The number of aliphatic hydroxyl groups excluding tert-OH is 2. The van der Waals surface area contributed by atoms with Gasteiger partial charge in [-0.05, 0) is 58.1 Å². The van der Waals surface area contributed by atoms with Crippen molar-refractivity contribution in [1.29, 1.82) is 0 Å². The van der Waals surface area contributed by atoms with Gasteiger partial charge >= 0.3 is 5.97 Å². The van der Waals surface area contributed by atoms with Gasteiger partial charge in [0.15, 0.2) is 0 Å². The fourth-order valence-electron chi connectivity index (χ4n) is 2.75. The van der Waals surface area contributed by atoms with Crippen LogP contribution in [0.5, 0.6) is 0 Å². The standard InChI is InChI=1S/C20H30O4/c1-5-7-15-12-17(21)16(19(22)18(15)20(23)24)11-10-14(4)9-6-8-13(2)3/h8,10,12,16,19,21-22H,5-7,9,11H2,1-4H3,(H,23,24)/b14-10+/i16D. The number of carboxylic acid groups (broad SMARTS) is 1. The van der Waals surface area contributed by atoms with Gasteiger partial charge in [-0.1, -0.05) is 36.6 Å². The van der Waals surface area contributed by atoms with Crippen LogP contribution in [-0.4, -0.2) is 27.4 Å². The van der Waals surface area contributed by atoms with E-state index in [0.29, 0.717) is 18.4 Å². The minimum absolute atomic E-state index is 0.0628. The molecule has 0 bridgehead atoms. The van der Waals surface area contributed by atoms with Gasteiger partial charge in [0.2, 0.25) is 0 Å². The Labute approximate surface area is 146 Å². The van der Waals surface area contributed by atoms with E-state index >= 15 is 0 Å². The first kappa shape index (κ1) is 18.5. The minimum atomic E-state index is -1.76. The van der Waals surface area contributed by atoms with Gasteiger partial charge < -0.3 is 15.3 Å². The van der Waals surface area contributed by atoms with Gasteiger partial charge in [0.05, 0.1) is 23.3 Å². The monoisotopic (exact) mass is 335 g/mol. The number of hydrogen-bond acceptors (Lipinski definition) is 3. The highest BCUT2D eigenvalue weighted by molar-refractivity contribution is 5.90. The van der Waals surface area contributed by atoms with Gasteiger partial charge in [-0.15, -0.1) is 0 Å². The second-order valence-electron chi connectivity index (χ2n) is 6.53. The van der Waals surface area contributed by atoms with Crippen molar-refractivity contribution in [3.8, 4) is 0 Å². The zero-order chi connectivity index (χ0) is 19.2. The summed E-state index contributed by atoms with van der Waals surface area (Å²) in [7, 11) is 0. The lowest BCUT2D eigenvalue weighted by molar-refractivity contribution is -0.134. The molecule has 0 aromatic heterocycles. The maximum atomic E-state index is 11.6. The number of aliphatic carboxylic acids is 1. The molecule has 4 heteroatoms. The van der Waals surface area contributed by atoms with E-state index in [9.17, 15) is 20.1 Å². The van der Waals surface area contributed by atoms with Crippen LogP contribution in [-0.2, 0) is 4.79 Å². The molecule has 0 saturated heterocycles. The van der Waals surface area contributed by atoms with Crippen molar-refractivity contribution in [2.75, 3.05) is 0 Å². The molecule has 0 heterocycles. The zero-order valence-corrected chi connectivity index (χ0v) is 15.1. The lowest BCUT2D eigenvalue weighted by atomic mass is 9.81. The summed E-state index contributed by atoms with van der Waals surface area (Å²) in [6.45, 7) is 7.90. The summed E-state index contributed by atoms with van der Waals surface area (Å²) in [5.41, 5.74) is 2.51. The van der Waals surface area contributed by atoms with Crippen molar-refractivity contribution in [2.24, 2.45) is 5.89 Å². The molecule has 1 aliphatic rings. The maximum Gasteiger partial charge on any atom is 0.334 e. The van der Waals surface area contributed by atoms with Crippen molar-refractivity contribution < 1.29 is 21.5 Å². The Hall–Kier alpha value is -1.81. The molecule has 3 N–H and O–H groups in total. The third-order valence-corrected chi connectivity index (χ3v) is 4.10. The molecule has 0 fully saturated rings. The normalized spacial score (nSPS) is 25.2. The van der Waals surface area contributed by atoms with Crippen molar-refractivity contribution >= 4 is 5.97 Å². The van der Waals surface area contributed by atoms with Gasteiger partial charge in [-0.3, -0.25) is 0 Å². The quantitative estimate of drug-likeness (QED) is 0.563. The topological polar surface area (TPSA) is 77.8 Å².